The van der Waals surface area contributed by atoms with Crippen LogP contribution in [0.15, 0.2) is 34.9 Å². The van der Waals surface area contributed by atoms with Gasteiger partial charge >= 0.3 is 0 Å². The monoisotopic (exact) mass is 452 g/mol. The smallest absolute Gasteiger partial charge is 0.274 e. The third kappa shape index (κ3) is 4.59. The Kier molecular flexibility index (Phi) is 6.68. The van der Waals surface area contributed by atoms with Crippen LogP contribution in [0.5, 0.6) is 0 Å². The highest BCUT2D eigenvalue weighted by Gasteiger charge is 2.28. The van der Waals surface area contributed by atoms with Crippen molar-refractivity contribution in [3.63, 3.8) is 0 Å². The summed E-state index contributed by atoms with van der Waals surface area (Å²) < 4.78 is 6.87. The van der Waals surface area contributed by atoms with Crippen LogP contribution in [0.1, 0.15) is 36.0 Å². The van der Waals surface area contributed by atoms with Crippen molar-refractivity contribution in [1.29, 1.82) is 0 Å². The fourth-order valence-corrected chi connectivity index (χ4v) is 3.47. The SMILES string of the molecule is CCN(CC)c1ncc(Cl)c(C(=O)N2CCOC(c3ccc(Br)cc3)C2)n1. The number of hydrogen-bond acceptors (Lipinski definition) is 5. The van der Waals surface area contributed by atoms with Crippen LogP contribution in [0.2, 0.25) is 5.02 Å². The number of carbonyl (C=O) groups is 1. The Hall–Kier alpha value is -1.70. The zero-order valence-electron chi connectivity index (χ0n) is 15.4. The number of carbonyl (C=O) groups excluding carboxylic acids is 1. The molecule has 1 amide bonds. The van der Waals surface area contributed by atoms with Gasteiger partial charge in [-0.1, -0.05) is 39.7 Å². The Morgan fingerprint density at radius 3 is 2.70 bits per heavy atom. The number of rotatable bonds is 5. The summed E-state index contributed by atoms with van der Waals surface area (Å²) in [5.41, 5.74) is 1.28. The number of aromatic nitrogens is 2. The molecule has 27 heavy (non-hydrogen) atoms. The molecular formula is C19H22BrClN4O2. The van der Waals surface area contributed by atoms with Crippen LogP contribution in [0, 0.1) is 0 Å². The number of halogens is 2. The molecule has 3 rings (SSSR count). The second-order valence-electron chi connectivity index (χ2n) is 6.20. The Bertz CT molecular complexity index is 799. The van der Waals surface area contributed by atoms with E-state index in [4.69, 9.17) is 16.3 Å². The van der Waals surface area contributed by atoms with Crippen molar-refractivity contribution in [1.82, 2.24) is 14.9 Å². The van der Waals surface area contributed by atoms with Gasteiger partial charge in [0.1, 0.15) is 6.10 Å². The van der Waals surface area contributed by atoms with E-state index in [1.165, 1.54) is 6.20 Å². The standard InChI is InChI=1S/C19H22BrClN4O2/c1-3-24(4-2)19-22-11-15(21)17(23-19)18(26)25-9-10-27-16(12-25)13-5-7-14(20)8-6-13/h5-8,11,16H,3-4,9-10,12H2,1-2H3. The molecule has 1 aromatic carbocycles. The summed E-state index contributed by atoms with van der Waals surface area (Å²) >= 11 is 9.68. The van der Waals surface area contributed by atoms with Crippen molar-refractivity contribution in [2.75, 3.05) is 37.7 Å². The number of nitrogens with zero attached hydrogens (tertiary/aromatic N) is 4. The van der Waals surface area contributed by atoms with Gasteiger partial charge in [0.05, 0.1) is 24.4 Å². The van der Waals surface area contributed by atoms with Crippen molar-refractivity contribution in [3.8, 4) is 0 Å². The fourth-order valence-electron chi connectivity index (χ4n) is 3.03. The molecule has 1 unspecified atom stereocenters. The second kappa shape index (κ2) is 8.99. The first-order valence-electron chi connectivity index (χ1n) is 8.97. The van der Waals surface area contributed by atoms with Crippen molar-refractivity contribution in [2.24, 2.45) is 0 Å². The molecule has 0 bridgehead atoms. The lowest BCUT2D eigenvalue weighted by Gasteiger charge is -2.33. The van der Waals surface area contributed by atoms with E-state index in [1.807, 2.05) is 43.0 Å². The van der Waals surface area contributed by atoms with Gasteiger partial charge in [-0.3, -0.25) is 4.79 Å². The molecule has 8 heteroatoms. The van der Waals surface area contributed by atoms with Crippen LogP contribution in [-0.4, -0.2) is 53.6 Å². The summed E-state index contributed by atoms with van der Waals surface area (Å²) in [4.78, 5) is 25.5. The van der Waals surface area contributed by atoms with E-state index in [-0.39, 0.29) is 22.7 Å². The van der Waals surface area contributed by atoms with Crippen LogP contribution in [0.25, 0.3) is 0 Å². The number of benzene rings is 1. The summed E-state index contributed by atoms with van der Waals surface area (Å²) in [5, 5.41) is 0.266. The van der Waals surface area contributed by atoms with E-state index in [2.05, 4.69) is 25.9 Å². The molecule has 144 valence electrons. The van der Waals surface area contributed by atoms with Crippen LogP contribution in [0.3, 0.4) is 0 Å². The largest absolute Gasteiger partial charge is 0.370 e. The Morgan fingerprint density at radius 2 is 2.04 bits per heavy atom. The maximum Gasteiger partial charge on any atom is 0.274 e. The van der Waals surface area contributed by atoms with Crippen molar-refractivity contribution < 1.29 is 9.53 Å². The second-order valence-corrected chi connectivity index (χ2v) is 7.52. The highest BCUT2D eigenvalue weighted by atomic mass is 79.9. The maximum atomic E-state index is 13.1. The third-order valence-electron chi connectivity index (χ3n) is 4.58. The zero-order chi connectivity index (χ0) is 19.4. The number of anilines is 1. The molecule has 0 aliphatic carbocycles. The molecular weight excluding hydrogens is 432 g/mol. The molecule has 2 aromatic rings. The molecule has 0 radical (unpaired) electrons. The molecule has 1 aromatic heterocycles. The van der Waals surface area contributed by atoms with Gasteiger partial charge in [0.15, 0.2) is 5.69 Å². The summed E-state index contributed by atoms with van der Waals surface area (Å²) in [6.07, 6.45) is 1.33. The predicted molar refractivity (Wildman–Crippen MR) is 109 cm³/mol. The van der Waals surface area contributed by atoms with Crippen LogP contribution in [0.4, 0.5) is 5.95 Å². The van der Waals surface area contributed by atoms with Gasteiger partial charge in [-0.15, -0.1) is 0 Å². The fraction of sp³-hybridized carbons (Fsp3) is 0.421. The Labute approximate surface area is 172 Å². The van der Waals surface area contributed by atoms with Gasteiger partial charge < -0.3 is 14.5 Å². The van der Waals surface area contributed by atoms with Crippen molar-refractivity contribution in [2.45, 2.75) is 20.0 Å². The Balaban J connectivity index is 1.80. The maximum absolute atomic E-state index is 13.1. The zero-order valence-corrected chi connectivity index (χ0v) is 17.7. The van der Waals surface area contributed by atoms with Gasteiger partial charge in [0, 0.05) is 24.1 Å². The highest BCUT2D eigenvalue weighted by molar-refractivity contribution is 9.10. The normalized spacial score (nSPS) is 17.0. The van der Waals surface area contributed by atoms with E-state index < -0.39 is 0 Å². The first kappa shape index (κ1) is 20.0. The minimum atomic E-state index is -0.193. The first-order chi connectivity index (χ1) is 13.0. The molecule has 0 spiro atoms. The first-order valence-corrected chi connectivity index (χ1v) is 10.1. The van der Waals surface area contributed by atoms with E-state index >= 15 is 0 Å². The van der Waals surface area contributed by atoms with Crippen LogP contribution in [-0.2, 0) is 4.74 Å². The molecule has 2 heterocycles. The lowest BCUT2D eigenvalue weighted by atomic mass is 10.1. The topological polar surface area (TPSA) is 58.6 Å². The molecule has 0 saturated carbocycles. The highest BCUT2D eigenvalue weighted by Crippen LogP contribution is 2.26. The molecule has 1 atom stereocenters. The van der Waals surface area contributed by atoms with Crippen molar-refractivity contribution in [3.05, 3.63) is 51.2 Å². The average Bonchev–Trinajstić information content (AvgIpc) is 2.70. The van der Waals surface area contributed by atoms with Gasteiger partial charge in [-0.2, -0.15) is 0 Å². The van der Waals surface area contributed by atoms with E-state index in [1.54, 1.807) is 4.90 Å². The van der Waals surface area contributed by atoms with Gasteiger partial charge in [0.2, 0.25) is 5.95 Å². The third-order valence-corrected chi connectivity index (χ3v) is 5.38. The number of ether oxygens (including phenoxy) is 1. The van der Waals surface area contributed by atoms with Crippen LogP contribution >= 0.6 is 27.5 Å². The lowest BCUT2D eigenvalue weighted by Crippen LogP contribution is -2.42. The minimum absolute atomic E-state index is 0.168. The van der Waals surface area contributed by atoms with Gasteiger partial charge in [-0.25, -0.2) is 9.97 Å². The Morgan fingerprint density at radius 1 is 1.33 bits per heavy atom. The van der Waals surface area contributed by atoms with Crippen molar-refractivity contribution >= 4 is 39.4 Å². The summed E-state index contributed by atoms with van der Waals surface area (Å²) in [5.74, 6) is 0.326. The number of hydrogen-bond donors (Lipinski definition) is 0. The van der Waals surface area contributed by atoms with E-state index in [0.29, 0.717) is 25.6 Å². The van der Waals surface area contributed by atoms with Crippen LogP contribution < -0.4 is 4.90 Å². The molecule has 1 aliphatic rings. The molecule has 1 fully saturated rings. The van der Waals surface area contributed by atoms with E-state index in [0.717, 1.165) is 23.1 Å². The lowest BCUT2D eigenvalue weighted by molar-refractivity contribution is -0.0230. The van der Waals surface area contributed by atoms with Gasteiger partial charge in [0.25, 0.3) is 5.91 Å². The van der Waals surface area contributed by atoms with E-state index in [9.17, 15) is 4.79 Å². The number of amides is 1. The molecule has 6 nitrogen and oxygen atoms in total. The summed E-state index contributed by atoms with van der Waals surface area (Å²) in [7, 11) is 0. The quantitative estimate of drug-likeness (QED) is 0.686. The molecule has 0 N–H and O–H groups in total. The predicted octanol–water partition coefficient (Wildman–Crippen LogP) is 3.95. The average molecular weight is 454 g/mol. The minimum Gasteiger partial charge on any atom is -0.370 e. The summed E-state index contributed by atoms with van der Waals surface area (Å²) in [6.45, 7) is 7.00. The molecule has 1 saturated heterocycles. The summed E-state index contributed by atoms with van der Waals surface area (Å²) in [6, 6.07) is 7.94. The number of morpholine rings is 1. The molecule has 1 aliphatic heterocycles. The van der Waals surface area contributed by atoms with Gasteiger partial charge in [-0.05, 0) is 31.5 Å².